The quantitative estimate of drug-likeness (QED) is 0.190. The fourth-order valence-electron chi connectivity index (χ4n) is 3.63. The number of hydrogen-bond acceptors (Lipinski definition) is 6. The standard InChI is InChI=1S/C27H17BrCl2N4O4S/c28-25-22(11-12-23-26(25)32-14-13-31-23)33-27(35)19-15-16(29)5-10-21(19)34-39(36,37)18-8-6-17(7-9-18)38-24-4-2-1-3-20(24)30/h1-15,34H,(H,33,35). The lowest BCUT2D eigenvalue weighted by molar-refractivity contribution is 0.102. The zero-order valence-corrected chi connectivity index (χ0v) is 23.6. The molecule has 0 spiro atoms. The van der Waals surface area contributed by atoms with Gasteiger partial charge in [-0.2, -0.15) is 0 Å². The molecule has 0 aliphatic carbocycles. The van der Waals surface area contributed by atoms with Gasteiger partial charge in [0.05, 0.1) is 36.8 Å². The van der Waals surface area contributed by atoms with Crippen LogP contribution >= 0.6 is 39.1 Å². The van der Waals surface area contributed by atoms with Crippen LogP contribution in [0.5, 0.6) is 11.5 Å². The number of benzene rings is 4. The van der Waals surface area contributed by atoms with Crippen molar-refractivity contribution < 1.29 is 17.9 Å². The van der Waals surface area contributed by atoms with Crippen molar-refractivity contribution in [3.05, 3.63) is 111 Å². The normalized spacial score (nSPS) is 11.3. The predicted molar refractivity (Wildman–Crippen MR) is 155 cm³/mol. The number of sulfonamides is 1. The summed E-state index contributed by atoms with van der Waals surface area (Å²) in [5, 5.41) is 3.45. The minimum Gasteiger partial charge on any atom is -0.456 e. The largest absolute Gasteiger partial charge is 0.456 e. The fourth-order valence-corrected chi connectivity index (χ4v) is 5.59. The van der Waals surface area contributed by atoms with Gasteiger partial charge in [-0.15, -0.1) is 0 Å². The van der Waals surface area contributed by atoms with Gasteiger partial charge in [0.2, 0.25) is 0 Å². The number of nitrogens with zero attached hydrogens (tertiary/aromatic N) is 2. The molecule has 2 N–H and O–H groups in total. The first-order valence-electron chi connectivity index (χ1n) is 11.3. The predicted octanol–water partition coefficient (Wildman–Crippen LogP) is 7.54. The third-order valence-corrected chi connectivity index (χ3v) is 8.23. The molecule has 39 heavy (non-hydrogen) atoms. The molecular weight excluding hydrogens is 627 g/mol. The monoisotopic (exact) mass is 642 g/mol. The molecule has 0 bridgehead atoms. The molecule has 1 aromatic heterocycles. The Labute approximate surface area is 242 Å². The summed E-state index contributed by atoms with van der Waals surface area (Å²) in [6, 6.07) is 20.4. The molecule has 0 aliphatic heterocycles. The van der Waals surface area contributed by atoms with Gasteiger partial charge in [0.15, 0.2) is 0 Å². The van der Waals surface area contributed by atoms with E-state index in [1.165, 1.54) is 48.7 Å². The molecule has 0 unspecified atom stereocenters. The summed E-state index contributed by atoms with van der Waals surface area (Å²) in [6.45, 7) is 0. The van der Waals surface area contributed by atoms with Gasteiger partial charge in [-0.25, -0.2) is 8.42 Å². The molecule has 0 aliphatic rings. The number of fused-ring (bicyclic) bond motifs is 1. The zero-order chi connectivity index (χ0) is 27.6. The second-order valence-electron chi connectivity index (χ2n) is 8.10. The first-order valence-corrected chi connectivity index (χ1v) is 14.3. The fraction of sp³-hybridized carbons (Fsp3) is 0. The van der Waals surface area contributed by atoms with E-state index in [1.807, 2.05) is 0 Å². The van der Waals surface area contributed by atoms with Crippen LogP contribution in [-0.2, 0) is 10.0 Å². The Bertz CT molecular complexity index is 1820. The van der Waals surface area contributed by atoms with Crippen LogP contribution in [0.15, 0.2) is 101 Å². The van der Waals surface area contributed by atoms with Crippen LogP contribution in [0.3, 0.4) is 0 Å². The highest BCUT2D eigenvalue weighted by molar-refractivity contribution is 9.10. The summed E-state index contributed by atoms with van der Waals surface area (Å²) in [4.78, 5) is 21.7. The summed E-state index contributed by atoms with van der Waals surface area (Å²) < 4.78 is 35.1. The van der Waals surface area contributed by atoms with Crippen LogP contribution in [0, 0.1) is 0 Å². The number of anilines is 2. The summed E-state index contributed by atoms with van der Waals surface area (Å²) in [6.07, 6.45) is 3.11. The molecular formula is C27H17BrCl2N4O4S. The lowest BCUT2D eigenvalue weighted by Crippen LogP contribution is -2.19. The second-order valence-corrected chi connectivity index (χ2v) is 11.4. The van der Waals surface area contributed by atoms with Crippen LogP contribution in [0.1, 0.15) is 10.4 Å². The van der Waals surface area contributed by atoms with Crippen LogP contribution < -0.4 is 14.8 Å². The molecule has 0 saturated heterocycles. The van der Waals surface area contributed by atoms with E-state index in [2.05, 4.69) is 35.9 Å². The molecule has 5 aromatic rings. The minimum absolute atomic E-state index is 0.0240. The number of hydrogen-bond donors (Lipinski definition) is 2. The molecule has 5 rings (SSSR count). The SMILES string of the molecule is O=C(Nc1ccc2nccnc2c1Br)c1cc(Cl)ccc1NS(=O)(=O)c1ccc(Oc2ccccc2Cl)cc1. The number of para-hydroxylation sites is 1. The van der Waals surface area contributed by atoms with Crippen molar-refractivity contribution in [2.24, 2.45) is 0 Å². The van der Waals surface area contributed by atoms with Crippen molar-refractivity contribution in [2.75, 3.05) is 10.0 Å². The van der Waals surface area contributed by atoms with E-state index in [4.69, 9.17) is 27.9 Å². The molecule has 196 valence electrons. The van der Waals surface area contributed by atoms with Gasteiger partial charge in [0.1, 0.15) is 17.0 Å². The molecule has 0 fully saturated rings. The van der Waals surface area contributed by atoms with Gasteiger partial charge >= 0.3 is 0 Å². The number of nitrogens with one attached hydrogen (secondary N) is 2. The van der Waals surface area contributed by atoms with E-state index >= 15 is 0 Å². The smallest absolute Gasteiger partial charge is 0.261 e. The highest BCUT2D eigenvalue weighted by Gasteiger charge is 2.21. The first-order chi connectivity index (χ1) is 18.7. The summed E-state index contributed by atoms with van der Waals surface area (Å²) in [5.74, 6) is 0.261. The molecule has 4 aromatic carbocycles. The number of carbonyl (C=O) groups is 1. The van der Waals surface area contributed by atoms with E-state index in [0.29, 0.717) is 37.7 Å². The van der Waals surface area contributed by atoms with Crippen LogP contribution in [0.2, 0.25) is 10.0 Å². The molecule has 0 saturated carbocycles. The Hall–Kier alpha value is -3.70. The maximum absolute atomic E-state index is 13.3. The number of aromatic nitrogens is 2. The minimum atomic E-state index is -4.07. The van der Waals surface area contributed by atoms with E-state index < -0.39 is 15.9 Å². The average Bonchev–Trinajstić information content (AvgIpc) is 2.93. The van der Waals surface area contributed by atoms with Crippen molar-refractivity contribution in [1.29, 1.82) is 0 Å². The van der Waals surface area contributed by atoms with Crippen molar-refractivity contribution >= 4 is 77.5 Å². The van der Waals surface area contributed by atoms with Gasteiger partial charge < -0.3 is 10.1 Å². The lowest BCUT2D eigenvalue weighted by atomic mass is 10.1. The van der Waals surface area contributed by atoms with E-state index in [-0.39, 0.29) is 21.2 Å². The summed E-state index contributed by atoms with van der Waals surface area (Å²) in [5.41, 5.74) is 1.70. The Morgan fingerprint density at radius 3 is 2.36 bits per heavy atom. The highest BCUT2D eigenvalue weighted by atomic mass is 79.9. The van der Waals surface area contributed by atoms with Gasteiger partial charge in [0, 0.05) is 17.4 Å². The van der Waals surface area contributed by atoms with Gasteiger partial charge in [-0.3, -0.25) is 19.5 Å². The Morgan fingerprint density at radius 1 is 0.872 bits per heavy atom. The zero-order valence-electron chi connectivity index (χ0n) is 19.7. The molecule has 0 radical (unpaired) electrons. The average molecular weight is 644 g/mol. The van der Waals surface area contributed by atoms with E-state index in [9.17, 15) is 13.2 Å². The van der Waals surface area contributed by atoms with Crippen molar-refractivity contribution in [2.45, 2.75) is 4.90 Å². The lowest BCUT2D eigenvalue weighted by Gasteiger charge is -2.15. The topological polar surface area (TPSA) is 110 Å². The highest BCUT2D eigenvalue weighted by Crippen LogP contribution is 2.32. The van der Waals surface area contributed by atoms with Crippen LogP contribution in [0.4, 0.5) is 11.4 Å². The molecule has 8 nitrogen and oxygen atoms in total. The van der Waals surface area contributed by atoms with E-state index in [0.717, 1.165) is 0 Å². The molecule has 0 atom stereocenters. The number of ether oxygens (including phenoxy) is 1. The third-order valence-electron chi connectivity index (χ3n) is 5.50. The number of carbonyl (C=O) groups excluding carboxylic acids is 1. The van der Waals surface area contributed by atoms with Crippen molar-refractivity contribution in [1.82, 2.24) is 9.97 Å². The molecule has 12 heteroatoms. The van der Waals surface area contributed by atoms with Gasteiger partial charge in [-0.1, -0.05) is 35.3 Å². The Balaban J connectivity index is 1.38. The third kappa shape index (κ3) is 5.99. The summed E-state index contributed by atoms with van der Waals surface area (Å²) >= 11 is 15.7. The second kappa shape index (κ2) is 11.2. The maximum atomic E-state index is 13.3. The van der Waals surface area contributed by atoms with Crippen molar-refractivity contribution in [3.8, 4) is 11.5 Å². The molecule has 1 heterocycles. The number of amides is 1. The number of halogens is 3. The van der Waals surface area contributed by atoms with Crippen LogP contribution in [-0.4, -0.2) is 24.3 Å². The van der Waals surface area contributed by atoms with Crippen molar-refractivity contribution in [3.63, 3.8) is 0 Å². The van der Waals surface area contributed by atoms with Crippen LogP contribution in [0.25, 0.3) is 11.0 Å². The van der Waals surface area contributed by atoms with Gasteiger partial charge in [0.25, 0.3) is 15.9 Å². The Kier molecular flexibility index (Phi) is 7.72. The van der Waals surface area contributed by atoms with E-state index in [1.54, 1.807) is 42.6 Å². The van der Waals surface area contributed by atoms with Gasteiger partial charge in [-0.05, 0) is 82.7 Å². The molecule has 1 amide bonds. The summed E-state index contributed by atoms with van der Waals surface area (Å²) in [7, 11) is -4.07. The number of rotatable bonds is 7. The Morgan fingerprint density at radius 2 is 1.59 bits per heavy atom. The maximum Gasteiger partial charge on any atom is 0.261 e. The first kappa shape index (κ1) is 26.9.